The standard InChI is InChI=1S/C14H27NO/c1-3-5-6-11-15-14(16)13-9-7-12(4-2)8-10-13/h12-13H,3-11H2,1-2H3,(H,15,16). The van der Waals surface area contributed by atoms with E-state index in [2.05, 4.69) is 19.2 Å². The summed E-state index contributed by atoms with van der Waals surface area (Å²) in [5.74, 6) is 1.50. The van der Waals surface area contributed by atoms with Crippen molar-refractivity contribution in [1.29, 1.82) is 0 Å². The van der Waals surface area contributed by atoms with Gasteiger partial charge in [0, 0.05) is 12.5 Å². The van der Waals surface area contributed by atoms with E-state index in [1.54, 1.807) is 0 Å². The highest BCUT2D eigenvalue weighted by atomic mass is 16.1. The van der Waals surface area contributed by atoms with Crippen molar-refractivity contribution in [2.75, 3.05) is 6.54 Å². The average molecular weight is 225 g/mol. The monoisotopic (exact) mass is 225 g/mol. The molecule has 1 saturated carbocycles. The van der Waals surface area contributed by atoms with Crippen LogP contribution in [0.3, 0.4) is 0 Å². The zero-order valence-corrected chi connectivity index (χ0v) is 10.9. The van der Waals surface area contributed by atoms with Crippen LogP contribution >= 0.6 is 0 Å². The van der Waals surface area contributed by atoms with Gasteiger partial charge in [-0.05, 0) is 38.0 Å². The molecule has 0 atom stereocenters. The molecule has 1 rings (SSSR count). The third-order valence-electron chi connectivity index (χ3n) is 3.87. The number of hydrogen-bond acceptors (Lipinski definition) is 1. The molecule has 1 aliphatic carbocycles. The van der Waals surface area contributed by atoms with Gasteiger partial charge in [0.2, 0.25) is 5.91 Å². The average Bonchev–Trinajstić information content (AvgIpc) is 2.34. The van der Waals surface area contributed by atoms with Crippen molar-refractivity contribution in [3.05, 3.63) is 0 Å². The molecule has 0 unspecified atom stereocenters. The molecule has 1 aliphatic rings. The summed E-state index contributed by atoms with van der Waals surface area (Å²) in [6, 6.07) is 0. The van der Waals surface area contributed by atoms with Crippen LogP contribution in [0.1, 0.15) is 65.2 Å². The lowest BCUT2D eigenvalue weighted by Gasteiger charge is -2.26. The summed E-state index contributed by atoms with van der Waals surface area (Å²) in [5, 5.41) is 3.08. The maximum absolute atomic E-state index is 11.8. The molecule has 0 aromatic rings. The van der Waals surface area contributed by atoms with E-state index in [0.29, 0.717) is 11.8 Å². The normalized spacial score (nSPS) is 25.4. The summed E-state index contributed by atoms with van der Waals surface area (Å²) < 4.78 is 0. The van der Waals surface area contributed by atoms with E-state index in [9.17, 15) is 4.79 Å². The first-order valence-corrected chi connectivity index (χ1v) is 7.05. The molecular formula is C14H27NO. The van der Waals surface area contributed by atoms with Gasteiger partial charge in [0.05, 0.1) is 0 Å². The van der Waals surface area contributed by atoms with E-state index in [4.69, 9.17) is 0 Å². The van der Waals surface area contributed by atoms with E-state index in [1.807, 2.05) is 0 Å². The molecule has 0 aromatic heterocycles. The van der Waals surface area contributed by atoms with Crippen LogP contribution in [0.2, 0.25) is 0 Å². The Hall–Kier alpha value is -0.530. The smallest absolute Gasteiger partial charge is 0.223 e. The molecule has 0 aliphatic heterocycles. The van der Waals surface area contributed by atoms with Gasteiger partial charge in [0.1, 0.15) is 0 Å². The Morgan fingerprint density at radius 2 is 1.81 bits per heavy atom. The topological polar surface area (TPSA) is 29.1 Å². The van der Waals surface area contributed by atoms with Gasteiger partial charge in [0.25, 0.3) is 0 Å². The Morgan fingerprint density at radius 3 is 2.38 bits per heavy atom. The zero-order chi connectivity index (χ0) is 11.8. The molecule has 0 radical (unpaired) electrons. The van der Waals surface area contributed by atoms with Gasteiger partial charge in [-0.1, -0.05) is 33.1 Å². The fourth-order valence-corrected chi connectivity index (χ4v) is 2.56. The van der Waals surface area contributed by atoms with Crippen molar-refractivity contribution in [2.45, 2.75) is 65.2 Å². The maximum Gasteiger partial charge on any atom is 0.223 e. The fraction of sp³-hybridized carbons (Fsp3) is 0.929. The lowest BCUT2D eigenvalue weighted by Crippen LogP contribution is -2.33. The van der Waals surface area contributed by atoms with E-state index < -0.39 is 0 Å². The van der Waals surface area contributed by atoms with Gasteiger partial charge in [-0.15, -0.1) is 0 Å². The molecule has 16 heavy (non-hydrogen) atoms. The van der Waals surface area contributed by atoms with Crippen molar-refractivity contribution < 1.29 is 4.79 Å². The molecule has 1 amide bonds. The maximum atomic E-state index is 11.8. The molecule has 1 N–H and O–H groups in total. The van der Waals surface area contributed by atoms with Crippen molar-refractivity contribution >= 4 is 5.91 Å². The van der Waals surface area contributed by atoms with Crippen molar-refractivity contribution in [3.8, 4) is 0 Å². The van der Waals surface area contributed by atoms with Crippen LogP contribution in [-0.4, -0.2) is 12.5 Å². The lowest BCUT2D eigenvalue weighted by molar-refractivity contribution is -0.126. The summed E-state index contributed by atoms with van der Waals surface area (Å²) >= 11 is 0. The van der Waals surface area contributed by atoms with Crippen molar-refractivity contribution in [2.24, 2.45) is 11.8 Å². The summed E-state index contributed by atoms with van der Waals surface area (Å²) in [4.78, 5) is 11.8. The number of amides is 1. The van der Waals surface area contributed by atoms with Crippen LogP contribution in [0.4, 0.5) is 0 Å². The van der Waals surface area contributed by atoms with Crippen LogP contribution in [-0.2, 0) is 4.79 Å². The highest BCUT2D eigenvalue weighted by Crippen LogP contribution is 2.30. The quantitative estimate of drug-likeness (QED) is 0.689. The lowest BCUT2D eigenvalue weighted by atomic mass is 9.80. The molecule has 0 heterocycles. The zero-order valence-electron chi connectivity index (χ0n) is 10.9. The minimum absolute atomic E-state index is 0.310. The first kappa shape index (κ1) is 13.5. The molecular weight excluding hydrogens is 198 g/mol. The second kappa shape index (κ2) is 7.70. The van der Waals surface area contributed by atoms with Crippen molar-refractivity contribution in [3.63, 3.8) is 0 Å². The molecule has 0 bridgehead atoms. The predicted molar refractivity (Wildman–Crippen MR) is 68.3 cm³/mol. The third kappa shape index (κ3) is 4.54. The van der Waals surface area contributed by atoms with Crippen LogP contribution in [0, 0.1) is 11.8 Å². The number of nitrogens with one attached hydrogen (secondary N) is 1. The minimum Gasteiger partial charge on any atom is -0.356 e. The molecule has 94 valence electrons. The summed E-state index contributed by atoms with van der Waals surface area (Å²) in [6.07, 6.45) is 9.58. The molecule has 2 nitrogen and oxygen atoms in total. The molecule has 0 aromatic carbocycles. The summed E-state index contributed by atoms with van der Waals surface area (Å²) in [6.45, 7) is 5.32. The van der Waals surface area contributed by atoms with E-state index in [0.717, 1.165) is 31.7 Å². The van der Waals surface area contributed by atoms with Crippen LogP contribution in [0.25, 0.3) is 0 Å². The summed E-state index contributed by atoms with van der Waals surface area (Å²) in [5.41, 5.74) is 0. The Kier molecular flexibility index (Phi) is 6.51. The number of unbranched alkanes of at least 4 members (excludes halogenated alkanes) is 2. The van der Waals surface area contributed by atoms with Gasteiger partial charge in [-0.2, -0.15) is 0 Å². The first-order chi connectivity index (χ1) is 7.77. The molecule has 0 spiro atoms. The van der Waals surface area contributed by atoms with Gasteiger partial charge in [-0.25, -0.2) is 0 Å². The highest BCUT2D eigenvalue weighted by Gasteiger charge is 2.24. The Bertz CT molecular complexity index is 195. The largest absolute Gasteiger partial charge is 0.356 e. The van der Waals surface area contributed by atoms with Gasteiger partial charge in [-0.3, -0.25) is 4.79 Å². The first-order valence-electron chi connectivity index (χ1n) is 7.05. The number of carbonyl (C=O) groups is 1. The van der Waals surface area contributed by atoms with Crippen LogP contribution < -0.4 is 5.32 Å². The minimum atomic E-state index is 0.310. The van der Waals surface area contributed by atoms with E-state index in [-0.39, 0.29) is 0 Å². The van der Waals surface area contributed by atoms with Crippen LogP contribution in [0.15, 0.2) is 0 Å². The van der Waals surface area contributed by atoms with Crippen molar-refractivity contribution in [1.82, 2.24) is 5.32 Å². The SMILES string of the molecule is CCCCCNC(=O)C1CCC(CC)CC1. The molecule has 2 heteroatoms. The number of rotatable bonds is 6. The number of hydrogen-bond donors (Lipinski definition) is 1. The second-order valence-electron chi connectivity index (χ2n) is 5.12. The highest BCUT2D eigenvalue weighted by molar-refractivity contribution is 5.78. The number of carbonyl (C=O) groups excluding carboxylic acids is 1. The summed E-state index contributed by atoms with van der Waals surface area (Å²) in [7, 11) is 0. The molecule has 0 saturated heterocycles. The predicted octanol–water partition coefficient (Wildman–Crippen LogP) is 3.51. The van der Waals surface area contributed by atoms with E-state index >= 15 is 0 Å². The van der Waals surface area contributed by atoms with Gasteiger partial charge < -0.3 is 5.32 Å². The third-order valence-corrected chi connectivity index (χ3v) is 3.87. The fourth-order valence-electron chi connectivity index (χ4n) is 2.56. The van der Waals surface area contributed by atoms with Gasteiger partial charge in [0.15, 0.2) is 0 Å². The Labute approximate surface area is 100 Å². The van der Waals surface area contributed by atoms with E-state index in [1.165, 1.54) is 32.1 Å². The van der Waals surface area contributed by atoms with Gasteiger partial charge >= 0.3 is 0 Å². The Morgan fingerprint density at radius 1 is 1.12 bits per heavy atom. The second-order valence-corrected chi connectivity index (χ2v) is 5.12. The Balaban J connectivity index is 2.13. The molecule has 1 fully saturated rings. The van der Waals surface area contributed by atoms with Crippen LogP contribution in [0.5, 0.6) is 0 Å².